The maximum atomic E-state index is 11.9. The van der Waals surface area contributed by atoms with Gasteiger partial charge in [0.15, 0.2) is 5.75 Å². The van der Waals surface area contributed by atoms with E-state index in [1.807, 2.05) is 0 Å². The number of aliphatic hydroxyl groups is 1. The van der Waals surface area contributed by atoms with Gasteiger partial charge in [0.1, 0.15) is 5.75 Å². The van der Waals surface area contributed by atoms with Crippen LogP contribution in [0.15, 0.2) is 22.0 Å². The Kier molecular flexibility index (Phi) is 5.29. The first-order valence-corrected chi connectivity index (χ1v) is 7.03. The van der Waals surface area contributed by atoms with Gasteiger partial charge < -0.3 is 15.3 Å². The molecule has 0 amide bonds. The number of H-pyrrole nitrogens is 1. The topological polar surface area (TPSA) is 174 Å². The van der Waals surface area contributed by atoms with E-state index in [0.29, 0.717) is 11.3 Å². The second kappa shape index (κ2) is 7.40. The maximum absolute atomic E-state index is 11.9. The Bertz CT molecular complexity index is 892. The summed E-state index contributed by atoms with van der Waals surface area (Å²) in [6.45, 7) is 1.42. The first-order chi connectivity index (χ1) is 11.8. The standard InChI is InChI=1S/C14H15N5O6/c1-7-9(2-3-20)13(23)17-14(16-7)18-15-6-8-4-10(19(24)25)12(22)5-11(8)21/h4-6,20-22H,2-3H2,1H3,(H2,16,17,18,23)/b15-6-. The number of aromatic nitrogens is 2. The van der Waals surface area contributed by atoms with E-state index in [2.05, 4.69) is 20.5 Å². The molecule has 1 aromatic heterocycles. The minimum absolute atomic E-state index is 0.0204. The third-order valence-electron chi connectivity index (χ3n) is 3.28. The predicted molar refractivity (Wildman–Crippen MR) is 88.0 cm³/mol. The van der Waals surface area contributed by atoms with E-state index in [4.69, 9.17) is 5.11 Å². The highest BCUT2D eigenvalue weighted by molar-refractivity contribution is 5.85. The lowest BCUT2D eigenvalue weighted by Gasteiger charge is -2.05. The van der Waals surface area contributed by atoms with Gasteiger partial charge in [0, 0.05) is 36.3 Å². The molecule has 1 aromatic carbocycles. The summed E-state index contributed by atoms with van der Waals surface area (Å²) in [5.41, 5.74) is 2.16. The number of nitro groups is 1. The van der Waals surface area contributed by atoms with Crippen LogP contribution in [-0.4, -0.2) is 43.0 Å². The Labute approximate surface area is 140 Å². The highest BCUT2D eigenvalue weighted by Crippen LogP contribution is 2.31. The van der Waals surface area contributed by atoms with Crippen LogP contribution >= 0.6 is 0 Å². The van der Waals surface area contributed by atoms with Crippen LogP contribution in [0.2, 0.25) is 0 Å². The van der Waals surface area contributed by atoms with Crippen molar-refractivity contribution in [1.29, 1.82) is 0 Å². The van der Waals surface area contributed by atoms with Gasteiger partial charge in [-0.2, -0.15) is 5.10 Å². The molecular weight excluding hydrogens is 334 g/mol. The summed E-state index contributed by atoms with van der Waals surface area (Å²) in [4.78, 5) is 28.3. The molecule has 0 radical (unpaired) electrons. The van der Waals surface area contributed by atoms with Crippen LogP contribution in [0.1, 0.15) is 16.8 Å². The number of aromatic amines is 1. The molecule has 0 aliphatic heterocycles. The van der Waals surface area contributed by atoms with Crippen molar-refractivity contribution >= 4 is 17.9 Å². The number of benzene rings is 1. The number of hydrogen-bond donors (Lipinski definition) is 5. The summed E-state index contributed by atoms with van der Waals surface area (Å²) in [6, 6.07) is 1.77. The summed E-state index contributed by atoms with van der Waals surface area (Å²) in [5.74, 6) is -1.06. The molecule has 0 spiro atoms. The van der Waals surface area contributed by atoms with Crippen LogP contribution in [0.5, 0.6) is 11.5 Å². The van der Waals surface area contributed by atoms with Gasteiger partial charge in [0.05, 0.1) is 16.8 Å². The summed E-state index contributed by atoms with van der Waals surface area (Å²) >= 11 is 0. The van der Waals surface area contributed by atoms with Crippen molar-refractivity contribution in [2.45, 2.75) is 13.3 Å². The van der Waals surface area contributed by atoms with Crippen LogP contribution in [0.4, 0.5) is 11.6 Å². The Morgan fingerprint density at radius 2 is 2.12 bits per heavy atom. The molecule has 2 rings (SSSR count). The summed E-state index contributed by atoms with van der Waals surface area (Å²) < 4.78 is 0. The van der Waals surface area contributed by atoms with Crippen LogP contribution in [0.25, 0.3) is 0 Å². The molecule has 0 fully saturated rings. The SMILES string of the molecule is Cc1nc(N/N=C\c2cc([N+](=O)[O-])c(O)cc2O)[nH]c(=O)c1CCO. The molecule has 5 N–H and O–H groups in total. The van der Waals surface area contributed by atoms with E-state index in [1.165, 1.54) is 0 Å². The quantitative estimate of drug-likeness (QED) is 0.282. The van der Waals surface area contributed by atoms with Gasteiger partial charge in [0.2, 0.25) is 5.95 Å². The minimum Gasteiger partial charge on any atom is -0.507 e. The number of rotatable bonds is 6. The van der Waals surface area contributed by atoms with Gasteiger partial charge in [0.25, 0.3) is 5.56 Å². The number of hydrazone groups is 1. The number of phenols is 2. The molecule has 0 bridgehead atoms. The molecule has 0 saturated heterocycles. The van der Waals surface area contributed by atoms with Gasteiger partial charge in [-0.25, -0.2) is 10.4 Å². The first kappa shape index (κ1) is 17.9. The molecule has 0 aliphatic rings. The van der Waals surface area contributed by atoms with Crippen LogP contribution < -0.4 is 11.0 Å². The maximum Gasteiger partial charge on any atom is 0.311 e. The van der Waals surface area contributed by atoms with Gasteiger partial charge in [-0.3, -0.25) is 19.9 Å². The number of aliphatic hydroxyl groups excluding tert-OH is 1. The molecule has 11 heteroatoms. The van der Waals surface area contributed by atoms with E-state index < -0.39 is 27.7 Å². The molecule has 25 heavy (non-hydrogen) atoms. The summed E-state index contributed by atoms with van der Waals surface area (Å²) in [6.07, 6.45) is 1.24. The van der Waals surface area contributed by atoms with Crippen molar-refractivity contribution in [1.82, 2.24) is 9.97 Å². The highest BCUT2D eigenvalue weighted by atomic mass is 16.6. The summed E-state index contributed by atoms with van der Waals surface area (Å²) in [7, 11) is 0. The zero-order chi connectivity index (χ0) is 18.6. The van der Waals surface area contributed by atoms with Gasteiger partial charge >= 0.3 is 5.69 Å². The fourth-order valence-electron chi connectivity index (χ4n) is 2.06. The Morgan fingerprint density at radius 3 is 2.72 bits per heavy atom. The van der Waals surface area contributed by atoms with Crippen LogP contribution in [0.3, 0.4) is 0 Å². The lowest BCUT2D eigenvalue weighted by Crippen LogP contribution is -2.19. The van der Waals surface area contributed by atoms with Crippen molar-refractivity contribution in [2.24, 2.45) is 5.10 Å². The van der Waals surface area contributed by atoms with Crippen molar-refractivity contribution in [3.05, 3.63) is 49.4 Å². The number of aryl methyl sites for hydroxylation is 1. The average Bonchev–Trinajstić information content (AvgIpc) is 2.52. The predicted octanol–water partition coefficient (Wildman–Crippen LogP) is 0.379. The van der Waals surface area contributed by atoms with Crippen molar-refractivity contribution in [2.75, 3.05) is 12.0 Å². The molecule has 0 aliphatic carbocycles. The van der Waals surface area contributed by atoms with Crippen molar-refractivity contribution < 1.29 is 20.2 Å². The zero-order valence-electron chi connectivity index (χ0n) is 13.1. The molecule has 0 saturated carbocycles. The lowest BCUT2D eigenvalue weighted by molar-refractivity contribution is -0.385. The smallest absolute Gasteiger partial charge is 0.311 e. The normalized spacial score (nSPS) is 11.0. The molecule has 1 heterocycles. The third kappa shape index (κ3) is 4.09. The number of aromatic hydroxyl groups is 2. The highest BCUT2D eigenvalue weighted by Gasteiger charge is 2.16. The van der Waals surface area contributed by atoms with Gasteiger partial charge in [-0.15, -0.1) is 0 Å². The summed E-state index contributed by atoms with van der Waals surface area (Å²) in [5, 5.41) is 42.5. The average molecular weight is 349 g/mol. The Morgan fingerprint density at radius 1 is 1.40 bits per heavy atom. The number of nitro benzene ring substituents is 1. The second-order valence-electron chi connectivity index (χ2n) is 4.98. The monoisotopic (exact) mass is 349 g/mol. The third-order valence-corrected chi connectivity index (χ3v) is 3.28. The molecule has 0 atom stereocenters. The largest absolute Gasteiger partial charge is 0.507 e. The fourth-order valence-corrected chi connectivity index (χ4v) is 2.06. The van der Waals surface area contributed by atoms with Crippen LogP contribution in [-0.2, 0) is 6.42 Å². The number of phenolic OH excluding ortho intramolecular Hbond substituents is 2. The fraction of sp³-hybridized carbons (Fsp3) is 0.214. The van der Waals surface area contributed by atoms with Crippen molar-refractivity contribution in [3.63, 3.8) is 0 Å². The molecule has 2 aromatic rings. The minimum atomic E-state index is -0.804. The lowest BCUT2D eigenvalue weighted by atomic mass is 10.2. The van der Waals surface area contributed by atoms with E-state index in [0.717, 1.165) is 18.3 Å². The van der Waals surface area contributed by atoms with E-state index in [-0.39, 0.29) is 24.5 Å². The van der Waals surface area contributed by atoms with Gasteiger partial charge in [-0.05, 0) is 6.92 Å². The number of nitrogens with zero attached hydrogens (tertiary/aromatic N) is 3. The molecule has 132 valence electrons. The van der Waals surface area contributed by atoms with Crippen molar-refractivity contribution in [3.8, 4) is 11.5 Å². The number of nitrogens with one attached hydrogen (secondary N) is 2. The van der Waals surface area contributed by atoms with Crippen LogP contribution in [0, 0.1) is 17.0 Å². The van der Waals surface area contributed by atoms with E-state index >= 15 is 0 Å². The Hall–Kier alpha value is -3.47. The number of hydrogen-bond acceptors (Lipinski definition) is 9. The molecule has 0 unspecified atom stereocenters. The number of anilines is 1. The van der Waals surface area contributed by atoms with E-state index in [9.17, 15) is 25.1 Å². The first-order valence-electron chi connectivity index (χ1n) is 7.03. The zero-order valence-corrected chi connectivity index (χ0v) is 13.1. The van der Waals surface area contributed by atoms with E-state index in [1.54, 1.807) is 6.92 Å². The van der Waals surface area contributed by atoms with Gasteiger partial charge in [-0.1, -0.05) is 0 Å². The molecule has 11 nitrogen and oxygen atoms in total. The molecular formula is C14H15N5O6. The second-order valence-corrected chi connectivity index (χ2v) is 4.98. The Balaban J connectivity index is 2.23.